The molecule has 183 valence electrons. The van der Waals surface area contributed by atoms with E-state index in [9.17, 15) is 18.0 Å². The molecule has 1 N–H and O–H groups in total. The molecule has 0 bridgehead atoms. The quantitative estimate of drug-likeness (QED) is 0.246. The zero-order valence-corrected chi connectivity index (χ0v) is 22.6. The number of halogens is 4. The number of carboxylic acids is 1. The Morgan fingerprint density at radius 1 is 1.08 bits per heavy atom. The van der Waals surface area contributed by atoms with Gasteiger partial charge in [-0.2, -0.15) is 23.3 Å². The summed E-state index contributed by atoms with van der Waals surface area (Å²) in [4.78, 5) is 14.7. The Bertz CT molecular complexity index is 1570. The molecule has 0 aliphatic heterocycles. The average Bonchev–Trinajstić information content (AvgIpc) is 3.59. The minimum absolute atomic E-state index is 0. The number of rotatable bonds is 6. The van der Waals surface area contributed by atoms with Crippen molar-refractivity contribution in [1.82, 2.24) is 19.9 Å². The van der Waals surface area contributed by atoms with Gasteiger partial charge in [-0.05, 0) is 35.4 Å². The SMILES string of the molecule is O=C(O)c1ccn(Cc2ccc(-c3noc(-c4cc(-c5ccccc5)c(C(F)(F)F)s4)n3)c(Cl)c2)n1.[Na]. The predicted octanol–water partition coefficient (Wildman–Crippen LogP) is 6.37. The number of carbonyl (C=O) groups is 1. The molecular formula is C24H14ClF3N4NaO3S. The normalized spacial score (nSPS) is 11.4. The molecule has 0 saturated carbocycles. The van der Waals surface area contributed by atoms with E-state index in [2.05, 4.69) is 15.2 Å². The summed E-state index contributed by atoms with van der Waals surface area (Å²) in [6.07, 6.45) is -3.01. The van der Waals surface area contributed by atoms with Gasteiger partial charge < -0.3 is 9.63 Å². The van der Waals surface area contributed by atoms with Crippen molar-refractivity contribution in [2.75, 3.05) is 0 Å². The van der Waals surface area contributed by atoms with Crippen LogP contribution in [0.15, 0.2) is 71.4 Å². The molecule has 5 rings (SSSR count). The van der Waals surface area contributed by atoms with Gasteiger partial charge in [0.05, 0.1) is 16.4 Å². The Hall–Kier alpha value is -2.96. The van der Waals surface area contributed by atoms with E-state index >= 15 is 0 Å². The van der Waals surface area contributed by atoms with E-state index in [1.807, 2.05) is 0 Å². The van der Waals surface area contributed by atoms with E-state index in [1.165, 1.54) is 23.0 Å². The number of benzene rings is 2. The number of alkyl halides is 3. The molecule has 37 heavy (non-hydrogen) atoms. The van der Waals surface area contributed by atoms with Gasteiger partial charge in [-0.3, -0.25) is 4.68 Å². The Balaban J connectivity index is 0.00000320. The van der Waals surface area contributed by atoms with Crippen LogP contribution in [0, 0.1) is 0 Å². The number of nitrogens with zero attached hydrogens (tertiary/aromatic N) is 4. The minimum Gasteiger partial charge on any atom is -0.476 e. The van der Waals surface area contributed by atoms with E-state index in [0.29, 0.717) is 22.5 Å². The second-order valence-electron chi connectivity index (χ2n) is 7.66. The molecule has 0 fully saturated rings. The van der Waals surface area contributed by atoms with Crippen molar-refractivity contribution in [3.8, 4) is 33.3 Å². The molecule has 3 aromatic heterocycles. The summed E-state index contributed by atoms with van der Waals surface area (Å²) < 4.78 is 47.9. The van der Waals surface area contributed by atoms with Crippen molar-refractivity contribution in [2.24, 2.45) is 0 Å². The first-order valence-corrected chi connectivity index (χ1v) is 11.5. The van der Waals surface area contributed by atoms with Crippen molar-refractivity contribution >= 4 is 58.5 Å². The van der Waals surface area contributed by atoms with Crippen LogP contribution in [0.4, 0.5) is 13.2 Å². The molecule has 1 radical (unpaired) electrons. The summed E-state index contributed by atoms with van der Waals surface area (Å²) >= 11 is 6.95. The van der Waals surface area contributed by atoms with E-state index in [4.69, 9.17) is 21.2 Å². The summed E-state index contributed by atoms with van der Waals surface area (Å²) in [7, 11) is 0. The predicted molar refractivity (Wildman–Crippen MR) is 133 cm³/mol. The maximum atomic E-state index is 13.7. The number of carboxylic acid groups (broad SMARTS) is 1. The molecule has 3 heterocycles. The van der Waals surface area contributed by atoms with Crippen LogP contribution >= 0.6 is 22.9 Å². The van der Waals surface area contributed by atoms with Gasteiger partial charge in [0.1, 0.15) is 4.88 Å². The van der Waals surface area contributed by atoms with Gasteiger partial charge >= 0.3 is 12.1 Å². The number of hydrogen-bond donors (Lipinski definition) is 1. The molecule has 0 amide bonds. The molecule has 0 atom stereocenters. The van der Waals surface area contributed by atoms with E-state index in [0.717, 1.165) is 5.56 Å². The van der Waals surface area contributed by atoms with Crippen molar-refractivity contribution < 1.29 is 27.6 Å². The van der Waals surface area contributed by atoms with Crippen LogP contribution in [0.3, 0.4) is 0 Å². The van der Waals surface area contributed by atoms with Crippen molar-refractivity contribution in [3.63, 3.8) is 0 Å². The van der Waals surface area contributed by atoms with Crippen LogP contribution in [0.5, 0.6) is 0 Å². The minimum atomic E-state index is -4.55. The van der Waals surface area contributed by atoms with Gasteiger partial charge in [0.15, 0.2) is 5.69 Å². The zero-order valence-electron chi connectivity index (χ0n) is 19.0. The standard InChI is InChI=1S/C24H14ClF3N4O3S.Na/c25-17-10-13(12-32-9-8-18(30-32)23(33)34)6-7-15(17)21-29-22(35-31-21)19-11-16(14-4-2-1-3-5-14)20(36-19)24(26,27)28;/h1-11H,12H2,(H,33,34);. The van der Waals surface area contributed by atoms with Crippen LogP contribution in [-0.2, 0) is 12.7 Å². The van der Waals surface area contributed by atoms with Gasteiger partial charge in [0, 0.05) is 46.9 Å². The molecule has 0 spiro atoms. The number of thiophene rings is 1. The van der Waals surface area contributed by atoms with Crippen LogP contribution < -0.4 is 0 Å². The van der Waals surface area contributed by atoms with Crippen molar-refractivity contribution in [2.45, 2.75) is 12.7 Å². The largest absolute Gasteiger partial charge is 0.476 e. The van der Waals surface area contributed by atoms with Gasteiger partial charge in [-0.25, -0.2) is 4.79 Å². The smallest absolute Gasteiger partial charge is 0.426 e. The third kappa shape index (κ3) is 5.81. The molecular weight excluding hydrogens is 540 g/mol. The van der Waals surface area contributed by atoms with E-state index in [-0.39, 0.29) is 69.0 Å². The molecule has 7 nitrogen and oxygen atoms in total. The summed E-state index contributed by atoms with van der Waals surface area (Å²) in [6, 6.07) is 16.1. The third-order valence-corrected chi connectivity index (χ3v) is 6.67. The Morgan fingerprint density at radius 2 is 1.84 bits per heavy atom. The van der Waals surface area contributed by atoms with Crippen LogP contribution in [0.2, 0.25) is 5.02 Å². The second-order valence-corrected chi connectivity index (χ2v) is 9.12. The first-order valence-electron chi connectivity index (χ1n) is 10.3. The first kappa shape index (κ1) is 27.1. The van der Waals surface area contributed by atoms with Crippen LogP contribution in [0.25, 0.3) is 33.3 Å². The Kier molecular flexibility index (Phi) is 7.91. The van der Waals surface area contributed by atoms with Crippen molar-refractivity contribution in [3.05, 3.63) is 88.0 Å². The second kappa shape index (κ2) is 10.8. The summed E-state index contributed by atoms with van der Waals surface area (Å²) in [5.74, 6) is -1.06. The maximum Gasteiger partial charge on any atom is 0.426 e. The molecule has 0 saturated heterocycles. The van der Waals surface area contributed by atoms with E-state index in [1.54, 1.807) is 48.5 Å². The molecule has 0 aliphatic rings. The van der Waals surface area contributed by atoms with Gasteiger partial charge in [-0.1, -0.05) is 53.2 Å². The Morgan fingerprint density at radius 3 is 2.49 bits per heavy atom. The monoisotopic (exact) mass is 553 g/mol. The number of aromatic nitrogens is 4. The zero-order chi connectivity index (χ0) is 25.4. The van der Waals surface area contributed by atoms with Gasteiger partial charge in [-0.15, -0.1) is 11.3 Å². The third-order valence-electron chi connectivity index (χ3n) is 5.19. The topological polar surface area (TPSA) is 94.0 Å². The van der Waals surface area contributed by atoms with Gasteiger partial charge in [0.2, 0.25) is 5.82 Å². The van der Waals surface area contributed by atoms with Crippen LogP contribution in [0.1, 0.15) is 20.9 Å². The molecule has 0 aliphatic carbocycles. The fourth-order valence-electron chi connectivity index (χ4n) is 3.56. The average molecular weight is 554 g/mol. The summed E-state index contributed by atoms with van der Waals surface area (Å²) in [5, 5.41) is 17.1. The van der Waals surface area contributed by atoms with Crippen LogP contribution in [-0.4, -0.2) is 60.6 Å². The maximum absolute atomic E-state index is 13.7. The number of hydrogen-bond acceptors (Lipinski definition) is 6. The van der Waals surface area contributed by atoms with Crippen molar-refractivity contribution in [1.29, 1.82) is 0 Å². The fourth-order valence-corrected chi connectivity index (χ4v) is 4.82. The number of aromatic carboxylic acids is 1. The Labute approximate surface area is 238 Å². The van der Waals surface area contributed by atoms with Gasteiger partial charge in [0.25, 0.3) is 5.89 Å². The van der Waals surface area contributed by atoms with E-state index < -0.39 is 17.0 Å². The molecule has 0 unspecified atom stereocenters. The summed E-state index contributed by atoms with van der Waals surface area (Å²) in [5.41, 5.74) is 1.56. The molecule has 5 aromatic rings. The first-order chi connectivity index (χ1) is 17.2. The molecule has 13 heteroatoms. The fraction of sp³-hybridized carbons (Fsp3) is 0.0833. The molecule has 2 aromatic carbocycles. The summed E-state index contributed by atoms with van der Waals surface area (Å²) in [6.45, 7) is 0.280.